The molecule has 0 saturated carbocycles. The monoisotopic (exact) mass is 186 g/mol. The minimum Gasteiger partial charge on any atom is -0.378 e. The van der Waals surface area contributed by atoms with E-state index in [1.807, 2.05) is 6.92 Å². The molecule has 0 fully saturated rings. The zero-order chi connectivity index (χ0) is 8.97. The average Bonchev–Trinajstić information content (AvgIpc) is 2.04. The highest BCUT2D eigenvalue weighted by Gasteiger charge is 2.00. The highest BCUT2D eigenvalue weighted by atomic mass is 35.5. The van der Waals surface area contributed by atoms with Crippen molar-refractivity contribution in [3.63, 3.8) is 0 Å². The Hall–Kier alpha value is -0.670. The predicted molar refractivity (Wildman–Crippen MR) is 47.1 cm³/mol. The van der Waals surface area contributed by atoms with Gasteiger partial charge in [0.1, 0.15) is 11.0 Å². The van der Waals surface area contributed by atoms with Crippen molar-refractivity contribution in [2.45, 2.75) is 20.0 Å². The van der Waals surface area contributed by atoms with E-state index in [1.165, 1.54) is 0 Å². The van der Waals surface area contributed by atoms with Gasteiger partial charge in [0.2, 0.25) is 0 Å². The first-order chi connectivity index (χ1) is 5.76. The van der Waals surface area contributed by atoms with E-state index < -0.39 is 0 Å². The van der Waals surface area contributed by atoms with Gasteiger partial charge in [-0.05, 0) is 6.07 Å². The van der Waals surface area contributed by atoms with E-state index in [0.29, 0.717) is 11.8 Å². The minimum atomic E-state index is 0.480. The second-order valence-electron chi connectivity index (χ2n) is 2.38. The van der Waals surface area contributed by atoms with E-state index >= 15 is 0 Å². The molecule has 0 spiro atoms. The topological polar surface area (TPSA) is 35.0 Å². The number of methoxy groups -OCH3 is 1. The normalized spacial score (nSPS) is 10.2. The van der Waals surface area contributed by atoms with E-state index in [4.69, 9.17) is 16.3 Å². The van der Waals surface area contributed by atoms with Crippen LogP contribution in [0.1, 0.15) is 18.4 Å². The fourth-order valence-corrected chi connectivity index (χ4v) is 1.12. The van der Waals surface area contributed by atoms with Gasteiger partial charge in [0.15, 0.2) is 0 Å². The van der Waals surface area contributed by atoms with Gasteiger partial charge in [-0.25, -0.2) is 9.97 Å². The zero-order valence-corrected chi connectivity index (χ0v) is 7.93. The van der Waals surface area contributed by atoms with Gasteiger partial charge in [-0.2, -0.15) is 0 Å². The van der Waals surface area contributed by atoms with Crippen molar-refractivity contribution in [3.05, 3.63) is 22.7 Å². The number of halogens is 1. The van der Waals surface area contributed by atoms with Crippen LogP contribution in [-0.2, 0) is 17.8 Å². The lowest BCUT2D eigenvalue weighted by atomic mass is 10.4. The summed E-state index contributed by atoms with van der Waals surface area (Å²) in [4.78, 5) is 8.25. The Kier molecular flexibility index (Phi) is 3.44. The van der Waals surface area contributed by atoms with Crippen LogP contribution >= 0.6 is 11.6 Å². The summed E-state index contributed by atoms with van der Waals surface area (Å²) in [5.74, 6) is 0.759. The number of hydrogen-bond donors (Lipinski definition) is 0. The molecule has 12 heavy (non-hydrogen) atoms. The maximum atomic E-state index is 5.76. The highest BCUT2D eigenvalue weighted by molar-refractivity contribution is 6.29. The summed E-state index contributed by atoms with van der Waals surface area (Å²) in [7, 11) is 1.63. The lowest BCUT2D eigenvalue weighted by molar-refractivity contribution is 0.181. The van der Waals surface area contributed by atoms with Gasteiger partial charge < -0.3 is 4.74 Å². The summed E-state index contributed by atoms with van der Waals surface area (Å²) >= 11 is 5.76. The van der Waals surface area contributed by atoms with Crippen LogP contribution in [0.2, 0.25) is 5.15 Å². The molecule has 1 heterocycles. The molecule has 0 unspecified atom stereocenters. The van der Waals surface area contributed by atoms with Crippen LogP contribution in [0, 0.1) is 0 Å². The molecule has 0 saturated heterocycles. The summed E-state index contributed by atoms with van der Waals surface area (Å²) < 4.78 is 4.93. The molecule has 4 heteroatoms. The Morgan fingerprint density at radius 1 is 1.50 bits per heavy atom. The molecule has 0 aromatic carbocycles. The van der Waals surface area contributed by atoms with Crippen LogP contribution in [0.15, 0.2) is 6.07 Å². The molecule has 1 aromatic rings. The Labute approximate surface area is 76.7 Å². The molecule has 0 aliphatic carbocycles. The fourth-order valence-electron chi connectivity index (χ4n) is 0.896. The molecule has 0 radical (unpaired) electrons. The van der Waals surface area contributed by atoms with Crippen LogP contribution in [0.5, 0.6) is 0 Å². The number of rotatable bonds is 3. The van der Waals surface area contributed by atoms with Crippen molar-refractivity contribution in [1.82, 2.24) is 9.97 Å². The molecular formula is C8H11ClN2O. The molecule has 0 aliphatic heterocycles. The van der Waals surface area contributed by atoms with Gasteiger partial charge in [0.25, 0.3) is 0 Å². The van der Waals surface area contributed by atoms with E-state index in [-0.39, 0.29) is 0 Å². The summed E-state index contributed by atoms with van der Waals surface area (Å²) in [6, 6.07) is 1.71. The van der Waals surface area contributed by atoms with Crippen molar-refractivity contribution < 1.29 is 4.74 Å². The summed E-state index contributed by atoms with van der Waals surface area (Å²) in [6.07, 6.45) is 0.789. The number of aromatic nitrogens is 2. The third kappa shape index (κ3) is 2.43. The van der Waals surface area contributed by atoms with Crippen LogP contribution < -0.4 is 0 Å². The van der Waals surface area contributed by atoms with E-state index in [2.05, 4.69) is 9.97 Å². The van der Waals surface area contributed by atoms with Crippen molar-refractivity contribution in [1.29, 1.82) is 0 Å². The lowest BCUT2D eigenvalue weighted by Gasteiger charge is -2.01. The Bertz CT molecular complexity index is 265. The van der Waals surface area contributed by atoms with Crippen molar-refractivity contribution >= 4 is 11.6 Å². The van der Waals surface area contributed by atoms with Gasteiger partial charge in [-0.3, -0.25) is 0 Å². The van der Waals surface area contributed by atoms with E-state index in [9.17, 15) is 0 Å². The first-order valence-corrected chi connectivity index (χ1v) is 4.15. The van der Waals surface area contributed by atoms with Gasteiger partial charge in [-0.15, -0.1) is 0 Å². The average molecular weight is 187 g/mol. The van der Waals surface area contributed by atoms with Crippen molar-refractivity contribution in [2.75, 3.05) is 7.11 Å². The maximum absolute atomic E-state index is 5.76. The molecule has 0 amide bonds. The minimum absolute atomic E-state index is 0.480. The SMILES string of the molecule is CCc1nc(Cl)cc(COC)n1. The first kappa shape index (κ1) is 9.42. The van der Waals surface area contributed by atoms with E-state index in [1.54, 1.807) is 13.2 Å². The lowest BCUT2D eigenvalue weighted by Crippen LogP contribution is -1.99. The number of nitrogens with zero attached hydrogens (tertiary/aromatic N) is 2. The highest BCUT2D eigenvalue weighted by Crippen LogP contribution is 2.08. The second kappa shape index (κ2) is 4.38. The fraction of sp³-hybridized carbons (Fsp3) is 0.500. The van der Waals surface area contributed by atoms with Crippen LogP contribution in [-0.4, -0.2) is 17.1 Å². The quantitative estimate of drug-likeness (QED) is 0.676. The zero-order valence-electron chi connectivity index (χ0n) is 7.17. The molecule has 3 nitrogen and oxygen atoms in total. The third-order valence-electron chi connectivity index (χ3n) is 1.40. The number of hydrogen-bond acceptors (Lipinski definition) is 3. The van der Waals surface area contributed by atoms with Gasteiger partial charge in [0, 0.05) is 13.5 Å². The predicted octanol–water partition coefficient (Wildman–Crippen LogP) is 1.84. The van der Waals surface area contributed by atoms with Crippen molar-refractivity contribution in [3.8, 4) is 0 Å². The van der Waals surface area contributed by atoms with Crippen LogP contribution in [0.4, 0.5) is 0 Å². The van der Waals surface area contributed by atoms with Crippen LogP contribution in [0.25, 0.3) is 0 Å². The first-order valence-electron chi connectivity index (χ1n) is 3.77. The molecule has 66 valence electrons. The standard InChI is InChI=1S/C8H11ClN2O/c1-3-8-10-6(5-12-2)4-7(9)11-8/h4H,3,5H2,1-2H3. The molecule has 1 rings (SSSR count). The van der Waals surface area contributed by atoms with Gasteiger partial charge >= 0.3 is 0 Å². The molecule has 1 aromatic heterocycles. The van der Waals surface area contributed by atoms with E-state index in [0.717, 1.165) is 17.9 Å². The molecule has 0 aliphatic rings. The summed E-state index contributed by atoms with van der Waals surface area (Å²) in [6.45, 7) is 2.47. The third-order valence-corrected chi connectivity index (χ3v) is 1.60. The van der Waals surface area contributed by atoms with Gasteiger partial charge in [0.05, 0.1) is 12.3 Å². The van der Waals surface area contributed by atoms with Crippen LogP contribution in [0.3, 0.4) is 0 Å². The maximum Gasteiger partial charge on any atom is 0.133 e. The number of ether oxygens (including phenoxy) is 1. The molecule has 0 N–H and O–H groups in total. The molecule has 0 atom stereocenters. The Morgan fingerprint density at radius 2 is 2.25 bits per heavy atom. The number of aryl methyl sites for hydroxylation is 1. The molecule has 0 bridgehead atoms. The summed E-state index contributed by atoms with van der Waals surface area (Å²) in [5.41, 5.74) is 0.828. The Morgan fingerprint density at radius 3 is 2.83 bits per heavy atom. The van der Waals surface area contributed by atoms with Crippen molar-refractivity contribution in [2.24, 2.45) is 0 Å². The van der Waals surface area contributed by atoms with Gasteiger partial charge in [-0.1, -0.05) is 18.5 Å². The summed E-state index contributed by atoms with van der Waals surface area (Å²) in [5, 5.41) is 0.480. The largest absolute Gasteiger partial charge is 0.378 e. The molecular weight excluding hydrogens is 176 g/mol. The smallest absolute Gasteiger partial charge is 0.133 e. The Balaban J connectivity index is 2.90. The second-order valence-corrected chi connectivity index (χ2v) is 2.77.